The molecule has 5 heteroatoms. The van der Waals surface area contributed by atoms with Gasteiger partial charge in [-0.15, -0.1) is 0 Å². The molecule has 1 aliphatic carbocycles. The number of sulfone groups is 1. The van der Waals surface area contributed by atoms with E-state index in [1.807, 2.05) is 0 Å². The van der Waals surface area contributed by atoms with Crippen LogP contribution in [-0.4, -0.2) is 38.2 Å². The van der Waals surface area contributed by atoms with Crippen molar-refractivity contribution in [3.05, 3.63) is 12.2 Å². The standard InChI is InChI=1S/C9H17NO3S/c1-7-3-8(14(2,12)13)4-9(7,5-10)6-11/h8,11H,1,3-6,10H2,2H3/t8-,9-/m0/s1. The van der Waals surface area contributed by atoms with Crippen LogP contribution in [0.5, 0.6) is 0 Å². The van der Waals surface area contributed by atoms with Crippen LogP contribution in [0.4, 0.5) is 0 Å². The molecule has 2 atom stereocenters. The molecular weight excluding hydrogens is 202 g/mol. The summed E-state index contributed by atoms with van der Waals surface area (Å²) in [5.74, 6) is 0. The van der Waals surface area contributed by atoms with E-state index < -0.39 is 20.5 Å². The predicted octanol–water partition coefficient (Wildman–Crippen LogP) is -0.313. The number of hydrogen-bond acceptors (Lipinski definition) is 4. The van der Waals surface area contributed by atoms with Crippen LogP contribution in [0.1, 0.15) is 12.8 Å². The summed E-state index contributed by atoms with van der Waals surface area (Å²) < 4.78 is 22.7. The zero-order valence-electron chi connectivity index (χ0n) is 8.36. The molecule has 0 bridgehead atoms. The van der Waals surface area contributed by atoms with Crippen LogP contribution in [0.25, 0.3) is 0 Å². The summed E-state index contributed by atoms with van der Waals surface area (Å²) in [5, 5.41) is 8.81. The zero-order valence-corrected chi connectivity index (χ0v) is 9.18. The van der Waals surface area contributed by atoms with E-state index in [0.717, 1.165) is 5.57 Å². The van der Waals surface area contributed by atoms with Gasteiger partial charge in [-0.05, 0) is 12.8 Å². The second-order valence-electron chi connectivity index (χ2n) is 4.11. The van der Waals surface area contributed by atoms with Crippen molar-refractivity contribution in [3.63, 3.8) is 0 Å². The second kappa shape index (κ2) is 3.64. The first-order valence-corrected chi connectivity index (χ1v) is 6.49. The lowest BCUT2D eigenvalue weighted by Gasteiger charge is -2.26. The second-order valence-corrected chi connectivity index (χ2v) is 6.43. The van der Waals surface area contributed by atoms with Gasteiger partial charge in [-0.2, -0.15) is 0 Å². The molecule has 4 nitrogen and oxygen atoms in total. The van der Waals surface area contributed by atoms with Gasteiger partial charge in [0.25, 0.3) is 0 Å². The van der Waals surface area contributed by atoms with Crippen LogP contribution < -0.4 is 5.73 Å². The normalized spacial score (nSPS) is 33.6. The Morgan fingerprint density at radius 3 is 2.50 bits per heavy atom. The molecule has 0 aromatic rings. The van der Waals surface area contributed by atoms with Gasteiger partial charge in [-0.3, -0.25) is 0 Å². The summed E-state index contributed by atoms with van der Waals surface area (Å²) in [6.07, 6.45) is 2.04. The fraction of sp³-hybridized carbons (Fsp3) is 0.778. The Bertz CT molecular complexity index is 330. The third-order valence-electron chi connectivity index (χ3n) is 3.14. The van der Waals surface area contributed by atoms with E-state index in [1.165, 1.54) is 6.26 Å². The van der Waals surface area contributed by atoms with Crippen molar-refractivity contribution in [2.75, 3.05) is 19.4 Å². The maximum Gasteiger partial charge on any atom is 0.150 e. The van der Waals surface area contributed by atoms with Gasteiger partial charge in [0.15, 0.2) is 9.84 Å². The first kappa shape index (κ1) is 11.7. The summed E-state index contributed by atoms with van der Waals surface area (Å²) in [4.78, 5) is 0. The number of rotatable bonds is 3. The molecule has 0 aromatic carbocycles. The molecule has 0 amide bonds. The maximum atomic E-state index is 11.3. The lowest BCUT2D eigenvalue weighted by atomic mass is 9.84. The minimum atomic E-state index is -3.05. The Kier molecular flexibility index (Phi) is 3.04. The summed E-state index contributed by atoms with van der Waals surface area (Å²) in [6, 6.07) is 0. The predicted molar refractivity (Wildman–Crippen MR) is 55.6 cm³/mol. The molecule has 0 aromatic heterocycles. The van der Waals surface area contributed by atoms with Gasteiger partial charge in [-0.1, -0.05) is 12.2 Å². The Hall–Kier alpha value is -0.390. The van der Waals surface area contributed by atoms with Gasteiger partial charge in [0.2, 0.25) is 0 Å². The van der Waals surface area contributed by atoms with Crippen molar-refractivity contribution in [2.24, 2.45) is 11.1 Å². The molecule has 0 aliphatic heterocycles. The van der Waals surface area contributed by atoms with Crippen molar-refractivity contribution in [1.82, 2.24) is 0 Å². The highest BCUT2D eigenvalue weighted by molar-refractivity contribution is 7.91. The average Bonchev–Trinajstić information content (AvgIpc) is 2.43. The Labute approximate surface area is 84.7 Å². The molecule has 1 rings (SSSR count). The maximum absolute atomic E-state index is 11.3. The van der Waals surface area contributed by atoms with Crippen molar-refractivity contribution in [1.29, 1.82) is 0 Å². The number of nitrogens with two attached hydrogens (primary N) is 1. The van der Waals surface area contributed by atoms with Crippen LogP contribution >= 0.6 is 0 Å². The van der Waals surface area contributed by atoms with Crippen LogP contribution in [0.15, 0.2) is 12.2 Å². The summed E-state index contributed by atoms with van der Waals surface area (Å²) in [6.45, 7) is 3.95. The highest BCUT2D eigenvalue weighted by atomic mass is 32.2. The van der Waals surface area contributed by atoms with Crippen LogP contribution in [0.2, 0.25) is 0 Å². The summed E-state index contributed by atoms with van der Waals surface area (Å²) >= 11 is 0. The van der Waals surface area contributed by atoms with E-state index in [2.05, 4.69) is 6.58 Å². The van der Waals surface area contributed by atoms with Gasteiger partial charge >= 0.3 is 0 Å². The topological polar surface area (TPSA) is 80.4 Å². The van der Waals surface area contributed by atoms with Gasteiger partial charge in [-0.25, -0.2) is 8.42 Å². The van der Waals surface area contributed by atoms with Gasteiger partial charge in [0.1, 0.15) is 0 Å². The summed E-state index contributed by atoms with van der Waals surface area (Å²) in [7, 11) is -3.05. The molecule has 0 unspecified atom stereocenters. The largest absolute Gasteiger partial charge is 0.395 e. The summed E-state index contributed by atoms with van der Waals surface area (Å²) in [5.41, 5.74) is 5.75. The number of aliphatic hydroxyl groups is 1. The Morgan fingerprint density at radius 1 is 1.71 bits per heavy atom. The molecule has 1 aliphatic rings. The number of aliphatic hydroxyl groups excluding tert-OH is 1. The van der Waals surface area contributed by atoms with E-state index in [-0.39, 0.29) is 13.2 Å². The van der Waals surface area contributed by atoms with Gasteiger partial charge in [0, 0.05) is 18.2 Å². The van der Waals surface area contributed by atoms with Crippen LogP contribution in [0.3, 0.4) is 0 Å². The van der Waals surface area contributed by atoms with Crippen molar-refractivity contribution in [3.8, 4) is 0 Å². The fourth-order valence-electron chi connectivity index (χ4n) is 1.91. The van der Waals surface area contributed by atoms with E-state index in [1.54, 1.807) is 0 Å². The molecule has 82 valence electrons. The quantitative estimate of drug-likeness (QED) is 0.638. The Morgan fingerprint density at radius 2 is 2.29 bits per heavy atom. The van der Waals surface area contributed by atoms with E-state index in [9.17, 15) is 13.5 Å². The van der Waals surface area contributed by atoms with Crippen molar-refractivity contribution >= 4 is 9.84 Å². The van der Waals surface area contributed by atoms with Gasteiger partial charge < -0.3 is 10.8 Å². The minimum absolute atomic E-state index is 0.117. The molecule has 14 heavy (non-hydrogen) atoms. The molecule has 0 heterocycles. The minimum Gasteiger partial charge on any atom is -0.395 e. The lowest BCUT2D eigenvalue weighted by Crippen LogP contribution is -2.34. The van der Waals surface area contributed by atoms with Crippen molar-refractivity contribution in [2.45, 2.75) is 18.1 Å². The molecule has 1 saturated carbocycles. The average molecular weight is 219 g/mol. The first-order valence-electron chi connectivity index (χ1n) is 4.54. The SMILES string of the molecule is C=C1C[C@H](S(C)(=O)=O)C[C@]1(CN)CO. The highest BCUT2D eigenvalue weighted by Gasteiger charge is 2.44. The van der Waals surface area contributed by atoms with Gasteiger partial charge in [0.05, 0.1) is 11.9 Å². The smallest absolute Gasteiger partial charge is 0.150 e. The fourth-order valence-corrected chi connectivity index (χ4v) is 3.04. The molecule has 0 spiro atoms. The van der Waals surface area contributed by atoms with E-state index >= 15 is 0 Å². The van der Waals surface area contributed by atoms with Crippen LogP contribution in [0, 0.1) is 5.41 Å². The monoisotopic (exact) mass is 219 g/mol. The number of hydrogen-bond donors (Lipinski definition) is 2. The van der Waals surface area contributed by atoms with E-state index in [4.69, 9.17) is 5.73 Å². The first-order chi connectivity index (χ1) is 6.35. The molecule has 0 radical (unpaired) electrons. The molecule has 3 N–H and O–H groups in total. The third kappa shape index (κ3) is 1.85. The lowest BCUT2D eigenvalue weighted by molar-refractivity contribution is 0.170. The zero-order chi connectivity index (χ0) is 11.0. The molecular formula is C9H17NO3S. The van der Waals surface area contributed by atoms with E-state index in [0.29, 0.717) is 12.8 Å². The van der Waals surface area contributed by atoms with Crippen LogP contribution in [-0.2, 0) is 9.84 Å². The molecule has 1 fully saturated rings. The highest BCUT2D eigenvalue weighted by Crippen LogP contribution is 2.43. The molecule has 0 saturated heterocycles. The Balaban J connectivity index is 2.94. The third-order valence-corrected chi connectivity index (χ3v) is 4.69. The van der Waals surface area contributed by atoms with Crippen molar-refractivity contribution < 1.29 is 13.5 Å².